The fraction of sp³-hybridized carbons (Fsp3) is 0.261. The van der Waals surface area contributed by atoms with E-state index in [0.717, 1.165) is 52.6 Å². The predicted molar refractivity (Wildman–Crippen MR) is 117 cm³/mol. The van der Waals surface area contributed by atoms with Crippen LogP contribution in [-0.4, -0.2) is 58.8 Å². The summed E-state index contributed by atoms with van der Waals surface area (Å²) in [6, 6.07) is 13.9. The Morgan fingerprint density at radius 2 is 1.70 bits per heavy atom. The Morgan fingerprint density at radius 3 is 2.47 bits per heavy atom. The smallest absolute Gasteiger partial charge is 0.168 e. The highest BCUT2D eigenvalue weighted by Gasteiger charge is 2.10. The lowest BCUT2D eigenvalue weighted by atomic mass is 10.1. The van der Waals surface area contributed by atoms with Gasteiger partial charge in [-0.2, -0.15) is 0 Å². The second-order valence-corrected chi connectivity index (χ2v) is 7.31. The van der Waals surface area contributed by atoms with Crippen LogP contribution in [0.4, 0.5) is 0 Å². The van der Waals surface area contributed by atoms with Gasteiger partial charge in [0.1, 0.15) is 11.5 Å². The minimum absolute atomic E-state index is 0.698. The Hall–Kier alpha value is -3.45. The molecule has 0 atom stereocenters. The van der Waals surface area contributed by atoms with Gasteiger partial charge in [0.25, 0.3) is 0 Å². The van der Waals surface area contributed by atoms with Crippen LogP contribution in [-0.2, 0) is 0 Å². The van der Waals surface area contributed by atoms with E-state index in [-0.39, 0.29) is 0 Å². The van der Waals surface area contributed by atoms with Crippen molar-refractivity contribution in [2.45, 2.75) is 6.42 Å². The molecule has 0 spiro atoms. The second-order valence-electron chi connectivity index (χ2n) is 7.31. The molecule has 0 amide bonds. The lowest BCUT2D eigenvalue weighted by Crippen LogP contribution is -2.15. The van der Waals surface area contributed by atoms with E-state index in [1.807, 2.05) is 59.3 Å². The van der Waals surface area contributed by atoms with Gasteiger partial charge in [-0.05, 0) is 63.0 Å². The van der Waals surface area contributed by atoms with Crippen molar-refractivity contribution < 1.29 is 9.47 Å². The maximum atomic E-state index is 5.83. The average molecular weight is 403 g/mol. The van der Waals surface area contributed by atoms with Crippen LogP contribution in [0, 0.1) is 0 Å². The van der Waals surface area contributed by atoms with Crippen molar-refractivity contribution in [3.8, 4) is 34.0 Å². The van der Waals surface area contributed by atoms with E-state index in [1.165, 1.54) is 0 Å². The molecule has 3 aromatic heterocycles. The van der Waals surface area contributed by atoms with Gasteiger partial charge in [-0.25, -0.2) is 0 Å². The molecule has 30 heavy (non-hydrogen) atoms. The van der Waals surface area contributed by atoms with Crippen molar-refractivity contribution in [2.24, 2.45) is 0 Å². The zero-order valence-corrected chi connectivity index (χ0v) is 17.4. The van der Waals surface area contributed by atoms with Gasteiger partial charge in [-0.3, -0.25) is 9.38 Å². The van der Waals surface area contributed by atoms with Crippen molar-refractivity contribution in [2.75, 3.05) is 34.4 Å². The van der Waals surface area contributed by atoms with Gasteiger partial charge in [0.05, 0.1) is 19.9 Å². The summed E-state index contributed by atoms with van der Waals surface area (Å²) in [5.41, 5.74) is 3.74. The van der Waals surface area contributed by atoms with Crippen LogP contribution in [0.25, 0.3) is 28.2 Å². The molecule has 1 aromatic carbocycles. The van der Waals surface area contributed by atoms with Crippen LogP contribution < -0.4 is 9.47 Å². The second kappa shape index (κ2) is 8.92. The molecular formula is C23H25N5O2. The Kier molecular flexibility index (Phi) is 5.90. The lowest BCUT2D eigenvalue weighted by molar-refractivity contribution is 0.281. The first kappa shape index (κ1) is 19.8. The predicted octanol–water partition coefficient (Wildman–Crippen LogP) is 3.80. The van der Waals surface area contributed by atoms with Crippen molar-refractivity contribution in [1.29, 1.82) is 0 Å². The van der Waals surface area contributed by atoms with Gasteiger partial charge >= 0.3 is 0 Å². The Labute approximate surface area is 175 Å². The highest BCUT2D eigenvalue weighted by atomic mass is 16.5. The van der Waals surface area contributed by atoms with Gasteiger partial charge in [-0.15, -0.1) is 10.2 Å². The van der Waals surface area contributed by atoms with Crippen molar-refractivity contribution in [3.63, 3.8) is 0 Å². The number of aromatic nitrogens is 4. The van der Waals surface area contributed by atoms with E-state index in [2.05, 4.69) is 34.2 Å². The number of pyridine rings is 2. The van der Waals surface area contributed by atoms with Gasteiger partial charge in [0, 0.05) is 35.6 Å². The fourth-order valence-corrected chi connectivity index (χ4v) is 3.22. The molecule has 3 heterocycles. The lowest BCUT2D eigenvalue weighted by Gasteiger charge is -2.10. The molecule has 7 heteroatoms. The number of fused-ring (bicyclic) bond motifs is 1. The van der Waals surface area contributed by atoms with E-state index >= 15 is 0 Å². The van der Waals surface area contributed by atoms with Crippen molar-refractivity contribution >= 4 is 5.65 Å². The molecule has 0 radical (unpaired) electrons. The summed E-state index contributed by atoms with van der Waals surface area (Å²) in [5.74, 6) is 2.36. The molecule has 0 aliphatic carbocycles. The summed E-state index contributed by atoms with van der Waals surface area (Å²) in [7, 11) is 5.76. The maximum absolute atomic E-state index is 5.83. The van der Waals surface area contributed by atoms with Crippen LogP contribution in [0.5, 0.6) is 11.5 Å². The normalized spacial score (nSPS) is 11.2. The van der Waals surface area contributed by atoms with Crippen LogP contribution in [0.1, 0.15) is 6.42 Å². The topological polar surface area (TPSA) is 64.8 Å². The van der Waals surface area contributed by atoms with Gasteiger partial charge in [0.2, 0.25) is 0 Å². The molecular weight excluding hydrogens is 378 g/mol. The van der Waals surface area contributed by atoms with E-state index in [0.29, 0.717) is 6.61 Å². The SMILES string of the molecule is COc1cncc(-c2ccc3nnc(-c4ccc(OCCCN(C)C)cc4)n3c2)c1. The summed E-state index contributed by atoms with van der Waals surface area (Å²) in [6.07, 6.45) is 6.52. The standard InChI is InChI=1S/C23H25N5O2/c1-27(2)11-4-12-30-20-8-5-17(6-9-20)23-26-25-22-10-7-18(16-28(22)23)19-13-21(29-3)15-24-14-19/h5-10,13-16H,4,11-12H2,1-3H3. The summed E-state index contributed by atoms with van der Waals surface area (Å²) >= 11 is 0. The number of hydrogen-bond donors (Lipinski definition) is 0. The average Bonchev–Trinajstić information content (AvgIpc) is 3.20. The van der Waals surface area contributed by atoms with Gasteiger partial charge in [-0.1, -0.05) is 0 Å². The van der Waals surface area contributed by atoms with Crippen LogP contribution in [0.3, 0.4) is 0 Å². The van der Waals surface area contributed by atoms with E-state index in [9.17, 15) is 0 Å². The van der Waals surface area contributed by atoms with E-state index < -0.39 is 0 Å². The first-order valence-corrected chi connectivity index (χ1v) is 9.86. The molecule has 0 saturated heterocycles. The Balaban J connectivity index is 1.57. The molecule has 154 valence electrons. The van der Waals surface area contributed by atoms with Crippen LogP contribution in [0.2, 0.25) is 0 Å². The quantitative estimate of drug-likeness (QED) is 0.417. The maximum Gasteiger partial charge on any atom is 0.168 e. The van der Waals surface area contributed by atoms with Gasteiger partial charge in [0.15, 0.2) is 11.5 Å². The molecule has 4 rings (SSSR count). The van der Waals surface area contributed by atoms with Gasteiger partial charge < -0.3 is 14.4 Å². The first-order valence-electron chi connectivity index (χ1n) is 9.86. The third-order valence-electron chi connectivity index (χ3n) is 4.82. The molecule has 0 saturated carbocycles. The summed E-state index contributed by atoms with van der Waals surface area (Å²) in [5, 5.41) is 8.68. The minimum atomic E-state index is 0.698. The minimum Gasteiger partial charge on any atom is -0.495 e. The first-order chi connectivity index (χ1) is 14.6. The Bertz CT molecular complexity index is 1120. The number of ether oxygens (including phenoxy) is 2. The molecule has 0 aliphatic rings. The number of hydrogen-bond acceptors (Lipinski definition) is 6. The van der Waals surface area contributed by atoms with E-state index in [1.54, 1.807) is 13.3 Å². The highest BCUT2D eigenvalue weighted by Crippen LogP contribution is 2.26. The zero-order chi connectivity index (χ0) is 20.9. The molecule has 0 aliphatic heterocycles. The van der Waals surface area contributed by atoms with Crippen molar-refractivity contribution in [3.05, 3.63) is 61.1 Å². The third-order valence-corrected chi connectivity index (χ3v) is 4.82. The van der Waals surface area contributed by atoms with Crippen molar-refractivity contribution in [1.82, 2.24) is 24.5 Å². The number of rotatable bonds is 8. The number of benzene rings is 1. The molecule has 4 aromatic rings. The Morgan fingerprint density at radius 1 is 0.900 bits per heavy atom. The fourth-order valence-electron chi connectivity index (χ4n) is 3.22. The largest absolute Gasteiger partial charge is 0.495 e. The molecule has 0 bridgehead atoms. The zero-order valence-electron chi connectivity index (χ0n) is 17.4. The molecule has 0 N–H and O–H groups in total. The monoisotopic (exact) mass is 403 g/mol. The van der Waals surface area contributed by atoms with Crippen LogP contribution in [0.15, 0.2) is 61.1 Å². The number of nitrogens with zero attached hydrogens (tertiary/aromatic N) is 5. The molecule has 7 nitrogen and oxygen atoms in total. The summed E-state index contributed by atoms with van der Waals surface area (Å²) < 4.78 is 13.1. The number of methoxy groups -OCH3 is 1. The highest BCUT2D eigenvalue weighted by molar-refractivity contribution is 5.67. The van der Waals surface area contributed by atoms with Crippen LogP contribution >= 0.6 is 0 Å². The van der Waals surface area contributed by atoms with E-state index in [4.69, 9.17) is 9.47 Å². The summed E-state index contributed by atoms with van der Waals surface area (Å²) in [6.45, 7) is 1.71. The molecule has 0 unspecified atom stereocenters. The molecule has 0 fully saturated rings. The summed E-state index contributed by atoms with van der Waals surface area (Å²) in [4.78, 5) is 6.40. The third kappa shape index (κ3) is 4.41.